The van der Waals surface area contributed by atoms with Crippen molar-refractivity contribution in [2.24, 2.45) is 16.9 Å². The minimum Gasteiger partial charge on any atom is -0.360 e. The van der Waals surface area contributed by atoms with Gasteiger partial charge in [0.2, 0.25) is 0 Å². The minimum atomic E-state index is -0.559. The van der Waals surface area contributed by atoms with E-state index in [1.807, 2.05) is 0 Å². The summed E-state index contributed by atoms with van der Waals surface area (Å²) in [7, 11) is 0. The molecule has 0 saturated carbocycles. The zero-order valence-electron chi connectivity index (χ0n) is 18.0. The van der Waals surface area contributed by atoms with Crippen LogP contribution in [0.4, 0.5) is 0 Å². The van der Waals surface area contributed by atoms with Gasteiger partial charge in [0.1, 0.15) is 5.72 Å². The van der Waals surface area contributed by atoms with Gasteiger partial charge in [0.25, 0.3) is 0 Å². The van der Waals surface area contributed by atoms with Gasteiger partial charge in [0, 0.05) is 12.0 Å². The van der Waals surface area contributed by atoms with Crippen LogP contribution in [0.5, 0.6) is 0 Å². The normalized spacial score (nSPS) is 14.4. The van der Waals surface area contributed by atoms with Crippen LogP contribution in [0.25, 0.3) is 0 Å². The zero-order chi connectivity index (χ0) is 19.0. The molecule has 0 aromatic heterocycles. The quantitative estimate of drug-likeness (QED) is 0.165. The first-order valence-electron chi connectivity index (χ1n) is 10.7. The lowest BCUT2D eigenvalue weighted by atomic mass is 9.80. The molecule has 0 aliphatic rings. The van der Waals surface area contributed by atoms with Crippen LogP contribution in [0, 0.1) is 5.41 Å². The highest BCUT2D eigenvalue weighted by Gasteiger charge is 2.38. The molecule has 0 saturated heterocycles. The topological polar surface area (TPSA) is 61.3 Å². The monoisotopic (exact) mass is 434 g/mol. The molecule has 0 amide bonds. The summed E-state index contributed by atoms with van der Waals surface area (Å²) in [4.78, 5) is 0. The first-order valence-corrected chi connectivity index (χ1v) is 10.7. The highest BCUT2D eigenvalue weighted by molar-refractivity contribution is 8.93. The van der Waals surface area contributed by atoms with Crippen molar-refractivity contribution >= 4 is 17.0 Å². The lowest BCUT2D eigenvalue weighted by Gasteiger charge is -2.41. The van der Waals surface area contributed by atoms with Crippen LogP contribution in [0.1, 0.15) is 105 Å². The molecule has 0 radical (unpaired) electrons. The van der Waals surface area contributed by atoms with Gasteiger partial charge in [-0.2, -0.15) is 0 Å². The molecule has 3 nitrogen and oxygen atoms in total. The van der Waals surface area contributed by atoms with Gasteiger partial charge in [-0.3, -0.25) is 0 Å². The van der Waals surface area contributed by atoms with Gasteiger partial charge in [0.05, 0.1) is 0 Å². The fraction of sp³-hybridized carbons (Fsp3) is 0.909. The number of hydrogen-bond acceptors (Lipinski definition) is 3. The molecule has 4 heteroatoms. The van der Waals surface area contributed by atoms with E-state index in [1.54, 1.807) is 0 Å². The van der Waals surface area contributed by atoms with E-state index < -0.39 is 5.72 Å². The Bertz CT molecular complexity index is 329. The number of allylic oxidation sites excluding steroid dienone is 2. The Morgan fingerprint density at radius 3 is 1.88 bits per heavy atom. The van der Waals surface area contributed by atoms with Gasteiger partial charge in [-0.05, 0) is 45.1 Å². The van der Waals surface area contributed by atoms with Gasteiger partial charge < -0.3 is 16.2 Å². The Hall–Kier alpha value is 0.1000. The molecule has 26 heavy (non-hydrogen) atoms. The van der Waals surface area contributed by atoms with E-state index in [2.05, 4.69) is 39.8 Å². The molecule has 158 valence electrons. The SMILES string of the molecule is Br.CCCC/C=C\CCCCCCCCOC(N)(CCCN)C(C)(C)C. The summed E-state index contributed by atoms with van der Waals surface area (Å²) in [6.45, 7) is 10.1. The molecule has 1 unspecified atom stereocenters. The zero-order valence-corrected chi connectivity index (χ0v) is 19.7. The molecule has 4 N–H and O–H groups in total. The molecule has 0 spiro atoms. The Labute approximate surface area is 174 Å². The first kappa shape index (κ1) is 28.3. The van der Waals surface area contributed by atoms with Crippen LogP contribution in [0.3, 0.4) is 0 Å². The van der Waals surface area contributed by atoms with E-state index in [0.717, 1.165) is 25.9 Å². The molecule has 0 aliphatic heterocycles. The van der Waals surface area contributed by atoms with E-state index in [0.29, 0.717) is 6.54 Å². The van der Waals surface area contributed by atoms with Crippen LogP contribution >= 0.6 is 17.0 Å². The summed E-state index contributed by atoms with van der Waals surface area (Å²) in [6, 6.07) is 0. The van der Waals surface area contributed by atoms with Crippen LogP contribution in [-0.2, 0) is 4.74 Å². The minimum absolute atomic E-state index is 0. The van der Waals surface area contributed by atoms with Crippen molar-refractivity contribution in [3.63, 3.8) is 0 Å². The number of hydrogen-bond donors (Lipinski definition) is 2. The summed E-state index contributed by atoms with van der Waals surface area (Å²) in [6.07, 6.45) is 19.2. The molecular formula is C22H47BrN2O. The van der Waals surface area contributed by atoms with Crippen molar-refractivity contribution in [3.8, 4) is 0 Å². The van der Waals surface area contributed by atoms with Gasteiger partial charge in [-0.25, -0.2) is 0 Å². The second-order valence-electron chi connectivity index (χ2n) is 8.40. The number of nitrogens with two attached hydrogens (primary N) is 2. The second-order valence-corrected chi connectivity index (χ2v) is 8.40. The maximum absolute atomic E-state index is 6.52. The van der Waals surface area contributed by atoms with Crippen molar-refractivity contribution in [2.45, 2.75) is 110 Å². The summed E-state index contributed by atoms with van der Waals surface area (Å²) >= 11 is 0. The average molecular weight is 436 g/mol. The Morgan fingerprint density at radius 2 is 1.35 bits per heavy atom. The molecule has 0 fully saturated rings. The van der Waals surface area contributed by atoms with Crippen LogP contribution in [0.2, 0.25) is 0 Å². The van der Waals surface area contributed by atoms with Crippen molar-refractivity contribution in [2.75, 3.05) is 13.2 Å². The number of halogens is 1. The Balaban J connectivity index is 0. The summed E-state index contributed by atoms with van der Waals surface area (Å²) in [5, 5.41) is 0. The molecule has 0 aliphatic carbocycles. The first-order chi connectivity index (χ1) is 11.9. The Morgan fingerprint density at radius 1 is 0.808 bits per heavy atom. The summed E-state index contributed by atoms with van der Waals surface area (Å²) in [5.74, 6) is 0. The molecule has 0 aromatic carbocycles. The molecule has 0 aromatic rings. The summed E-state index contributed by atoms with van der Waals surface area (Å²) < 4.78 is 6.10. The maximum Gasteiger partial charge on any atom is 0.121 e. The number of ether oxygens (including phenoxy) is 1. The van der Waals surface area contributed by atoms with Gasteiger partial charge >= 0.3 is 0 Å². The smallest absolute Gasteiger partial charge is 0.121 e. The van der Waals surface area contributed by atoms with Gasteiger partial charge in [0.15, 0.2) is 0 Å². The van der Waals surface area contributed by atoms with Crippen LogP contribution < -0.4 is 11.5 Å². The lowest BCUT2D eigenvalue weighted by Crippen LogP contribution is -2.54. The van der Waals surface area contributed by atoms with E-state index in [4.69, 9.17) is 16.2 Å². The van der Waals surface area contributed by atoms with Crippen molar-refractivity contribution in [1.82, 2.24) is 0 Å². The lowest BCUT2D eigenvalue weighted by molar-refractivity contribution is -0.120. The summed E-state index contributed by atoms with van der Waals surface area (Å²) in [5.41, 5.74) is 11.5. The van der Waals surface area contributed by atoms with Crippen molar-refractivity contribution < 1.29 is 4.74 Å². The molecular weight excluding hydrogens is 388 g/mol. The van der Waals surface area contributed by atoms with E-state index >= 15 is 0 Å². The van der Waals surface area contributed by atoms with Crippen LogP contribution in [-0.4, -0.2) is 18.9 Å². The molecule has 1 atom stereocenters. The van der Waals surface area contributed by atoms with Crippen LogP contribution in [0.15, 0.2) is 12.2 Å². The number of unbranched alkanes of at least 4 members (excludes halogenated alkanes) is 8. The average Bonchev–Trinajstić information content (AvgIpc) is 2.56. The largest absolute Gasteiger partial charge is 0.360 e. The fourth-order valence-corrected chi connectivity index (χ4v) is 2.91. The van der Waals surface area contributed by atoms with Gasteiger partial charge in [-0.15, -0.1) is 17.0 Å². The third kappa shape index (κ3) is 14.2. The second kappa shape index (κ2) is 17.2. The van der Waals surface area contributed by atoms with E-state index in [-0.39, 0.29) is 22.4 Å². The highest BCUT2D eigenvalue weighted by atomic mass is 79.9. The predicted molar refractivity (Wildman–Crippen MR) is 122 cm³/mol. The third-order valence-corrected chi connectivity index (χ3v) is 5.04. The van der Waals surface area contributed by atoms with E-state index in [1.165, 1.54) is 57.8 Å². The van der Waals surface area contributed by atoms with Crippen molar-refractivity contribution in [3.05, 3.63) is 12.2 Å². The standard InChI is InChI=1S/C22H46N2O.BrH/c1-5-6-7-8-9-10-11-12-13-14-15-16-20-25-22(24,18-17-19-23)21(2,3)4;/h8-9H,5-7,10-20,23-24H2,1-4H3;1H/b9-8-;. The Kier molecular flexibility index (Phi) is 18.7. The maximum atomic E-state index is 6.52. The molecule has 0 heterocycles. The molecule has 0 bridgehead atoms. The van der Waals surface area contributed by atoms with Gasteiger partial charge in [-0.1, -0.05) is 78.4 Å². The highest BCUT2D eigenvalue weighted by Crippen LogP contribution is 2.33. The number of rotatable bonds is 16. The fourth-order valence-electron chi connectivity index (χ4n) is 2.91. The van der Waals surface area contributed by atoms with E-state index in [9.17, 15) is 0 Å². The molecule has 0 rings (SSSR count). The third-order valence-electron chi connectivity index (χ3n) is 5.04. The predicted octanol–water partition coefficient (Wildman–Crippen LogP) is 6.50. The van der Waals surface area contributed by atoms with Crippen molar-refractivity contribution in [1.29, 1.82) is 0 Å².